The predicted octanol–water partition coefficient (Wildman–Crippen LogP) is 8.70. The van der Waals surface area contributed by atoms with Crippen LogP contribution in [0.1, 0.15) is 72.9 Å². The Morgan fingerprint density at radius 1 is 1.02 bits per heavy atom. The Labute approximate surface area is 366 Å². The van der Waals surface area contributed by atoms with Gasteiger partial charge in [0.25, 0.3) is 0 Å². The lowest BCUT2D eigenvalue weighted by Gasteiger charge is -2.25. The number of aliphatic hydroxyl groups is 1. The molecule has 17 heteroatoms. The molecule has 2 aliphatic heterocycles. The third kappa shape index (κ3) is 7.62. The number of alkyl halides is 3. The number of rotatable bonds is 10. The zero-order valence-electron chi connectivity index (χ0n) is 34.6. The van der Waals surface area contributed by atoms with Crippen LogP contribution in [0, 0.1) is 12.8 Å². The van der Waals surface area contributed by atoms with E-state index in [9.17, 15) is 18.3 Å². The highest BCUT2D eigenvalue weighted by Gasteiger charge is 2.52. The molecule has 3 fully saturated rings. The Morgan fingerprint density at radius 3 is 2.56 bits per heavy atom. The first-order chi connectivity index (χ1) is 30.1. The van der Waals surface area contributed by atoms with Crippen LogP contribution in [0.3, 0.4) is 0 Å². The van der Waals surface area contributed by atoms with E-state index < -0.39 is 44.4 Å². The van der Waals surface area contributed by atoms with Crippen LogP contribution in [0.15, 0.2) is 71.4 Å². The topological polar surface area (TPSA) is 154 Å². The Morgan fingerprint density at radius 2 is 1.79 bits per heavy atom. The van der Waals surface area contributed by atoms with E-state index in [1.807, 2.05) is 48.4 Å². The Bertz CT molecular complexity index is 2940. The van der Waals surface area contributed by atoms with E-state index in [4.69, 9.17) is 21.0 Å². The molecule has 3 aromatic carbocycles. The number of hydrogen-bond acceptors (Lipinski definition) is 11. The molecule has 5 heterocycles. The van der Waals surface area contributed by atoms with Gasteiger partial charge in [0.15, 0.2) is 11.4 Å². The van der Waals surface area contributed by atoms with Gasteiger partial charge >= 0.3 is 6.18 Å². The fourth-order valence-electron chi connectivity index (χ4n) is 9.61. The number of carbonyl (C=O) groups is 1. The van der Waals surface area contributed by atoms with Crippen molar-refractivity contribution in [2.24, 2.45) is 5.92 Å². The SMILES string of the molecule is Cc1c(-c2nc3cc4c(c(C(F)(F)F)c3o2)CC[C@H]4N2CC[C@@H](C(=O)NS(=O)(=O)C3(C)CC3)C2)cccc1-c1cccc(Nc2nccc3cc(CN4CC[C@@H](O)C4)cnc23)c1Cl. The molecule has 63 heavy (non-hydrogen) atoms. The Balaban J connectivity index is 0.926. The number of pyridine rings is 2. The summed E-state index contributed by atoms with van der Waals surface area (Å²) in [6.07, 6.45) is 1.21. The molecule has 3 N–H and O–H groups in total. The van der Waals surface area contributed by atoms with Crippen LogP contribution in [-0.4, -0.2) is 81.2 Å². The largest absolute Gasteiger partial charge is 0.435 e. The molecule has 328 valence electrons. The summed E-state index contributed by atoms with van der Waals surface area (Å²) in [5.41, 5.74) is 4.44. The van der Waals surface area contributed by atoms with Gasteiger partial charge in [-0.25, -0.2) is 18.4 Å². The number of anilines is 2. The van der Waals surface area contributed by atoms with Crippen molar-refractivity contribution in [1.82, 2.24) is 29.5 Å². The second-order valence-electron chi connectivity index (χ2n) is 17.7. The first-order valence-electron chi connectivity index (χ1n) is 21.2. The number of nitrogens with zero attached hydrogens (tertiary/aromatic N) is 5. The van der Waals surface area contributed by atoms with Crippen LogP contribution in [0.5, 0.6) is 0 Å². The quantitative estimate of drug-likeness (QED) is 0.121. The number of β-amino-alcohol motifs (C(OH)–C–C–N with tert-alkyl or cyclic N) is 1. The van der Waals surface area contributed by atoms with E-state index in [1.54, 1.807) is 31.3 Å². The molecule has 3 aromatic heterocycles. The van der Waals surface area contributed by atoms with Crippen molar-refractivity contribution < 1.29 is 35.9 Å². The molecule has 10 rings (SSSR count). The lowest BCUT2D eigenvalue weighted by atomic mass is 9.96. The highest BCUT2D eigenvalue weighted by molar-refractivity contribution is 7.91. The number of aromatic nitrogens is 3. The number of hydrogen-bond donors (Lipinski definition) is 3. The monoisotopic (exact) mass is 899 g/mol. The van der Waals surface area contributed by atoms with Gasteiger partial charge in [0.05, 0.1) is 27.5 Å². The minimum absolute atomic E-state index is 0.0373. The molecule has 2 saturated heterocycles. The number of aliphatic hydroxyl groups excluding tert-OH is 1. The lowest BCUT2D eigenvalue weighted by molar-refractivity contribution is -0.137. The van der Waals surface area contributed by atoms with E-state index in [0.29, 0.717) is 89.6 Å². The Kier molecular flexibility index (Phi) is 10.3. The van der Waals surface area contributed by atoms with Crippen molar-refractivity contribution in [1.29, 1.82) is 0 Å². The average Bonchev–Trinajstić information content (AvgIpc) is 3.69. The average molecular weight is 900 g/mol. The van der Waals surface area contributed by atoms with E-state index in [0.717, 1.165) is 29.5 Å². The van der Waals surface area contributed by atoms with Gasteiger partial charge in [-0.15, -0.1) is 0 Å². The van der Waals surface area contributed by atoms with Gasteiger partial charge in [0.2, 0.25) is 21.8 Å². The number of sulfonamides is 1. The van der Waals surface area contributed by atoms with E-state index in [-0.39, 0.29) is 41.6 Å². The first-order valence-corrected chi connectivity index (χ1v) is 23.1. The van der Waals surface area contributed by atoms with Crippen molar-refractivity contribution in [3.05, 3.63) is 99.8 Å². The predicted molar refractivity (Wildman–Crippen MR) is 234 cm³/mol. The van der Waals surface area contributed by atoms with E-state index in [1.165, 1.54) is 0 Å². The molecule has 0 unspecified atom stereocenters. The number of halogens is 4. The van der Waals surface area contributed by atoms with E-state index >= 15 is 13.2 Å². The molecular formula is C46H45ClF3N7O5S. The Hall–Kier alpha value is -5.13. The number of oxazole rings is 1. The minimum atomic E-state index is -4.73. The summed E-state index contributed by atoms with van der Waals surface area (Å²) in [5, 5.41) is 14.6. The molecule has 0 bridgehead atoms. The van der Waals surface area contributed by atoms with Crippen molar-refractivity contribution in [3.63, 3.8) is 0 Å². The van der Waals surface area contributed by atoms with Crippen molar-refractivity contribution in [3.8, 4) is 22.6 Å². The maximum atomic E-state index is 15.1. The van der Waals surface area contributed by atoms with Gasteiger partial charge < -0.3 is 14.8 Å². The van der Waals surface area contributed by atoms with Crippen molar-refractivity contribution in [2.45, 2.75) is 82.0 Å². The van der Waals surface area contributed by atoms with Crippen molar-refractivity contribution in [2.75, 3.05) is 31.5 Å². The molecule has 4 aliphatic rings. The highest BCUT2D eigenvalue weighted by Crippen LogP contribution is 2.49. The molecule has 1 saturated carbocycles. The van der Waals surface area contributed by atoms with E-state index in [2.05, 4.69) is 31.0 Å². The fraction of sp³-hybridized carbons (Fsp3) is 0.391. The van der Waals surface area contributed by atoms with Crippen LogP contribution < -0.4 is 10.0 Å². The maximum Gasteiger partial charge on any atom is 0.420 e. The summed E-state index contributed by atoms with van der Waals surface area (Å²) in [7, 11) is -3.81. The smallest absolute Gasteiger partial charge is 0.420 e. The number of likely N-dealkylation sites (tertiary alicyclic amines) is 2. The maximum absolute atomic E-state index is 15.1. The van der Waals surface area contributed by atoms with Crippen LogP contribution in [-0.2, 0) is 34.0 Å². The van der Waals surface area contributed by atoms with Crippen LogP contribution >= 0.6 is 11.6 Å². The molecule has 1 amide bonds. The van der Waals surface area contributed by atoms with Gasteiger partial charge in [-0.2, -0.15) is 13.2 Å². The van der Waals surface area contributed by atoms with Crippen LogP contribution in [0.25, 0.3) is 44.6 Å². The third-order valence-corrected chi connectivity index (χ3v) is 16.0. The number of amides is 1. The normalized spacial score (nSPS) is 21.3. The molecule has 6 aromatic rings. The lowest BCUT2D eigenvalue weighted by Crippen LogP contribution is -2.42. The van der Waals surface area contributed by atoms with Crippen LogP contribution in [0.2, 0.25) is 5.02 Å². The fourth-order valence-corrected chi connectivity index (χ4v) is 11.2. The highest BCUT2D eigenvalue weighted by atomic mass is 35.5. The molecule has 2 aliphatic carbocycles. The zero-order chi connectivity index (χ0) is 44.0. The second kappa shape index (κ2) is 15.5. The summed E-state index contributed by atoms with van der Waals surface area (Å²) in [5.74, 6) is -0.610. The number of fused-ring (bicyclic) bond motifs is 3. The van der Waals surface area contributed by atoms with Gasteiger partial charge in [0.1, 0.15) is 16.6 Å². The molecule has 3 atom stereocenters. The first kappa shape index (κ1) is 41.9. The zero-order valence-corrected chi connectivity index (χ0v) is 36.2. The molecule has 0 spiro atoms. The summed E-state index contributed by atoms with van der Waals surface area (Å²) in [6, 6.07) is 16.2. The summed E-state index contributed by atoms with van der Waals surface area (Å²) in [4.78, 5) is 31.3. The standard InChI is InChI=1S/C46H45ClF3N7O5S/c1-25-30(33-7-4-8-35(39(33)47)53-42-40-27(11-16-51-42)19-26(21-52-40)22-56-17-13-29(58)24-56)5-3-6-31(25)44-54-36-20-34-32(38(41(36)62-44)46(48,49)50)9-10-37(34)57-18-12-28(23-57)43(59)55-63(60,61)45(2)14-15-45/h3-8,11,16,19-21,28-29,37,58H,9-10,12-15,17-18,22-24H2,1-2H3,(H,51,53)(H,55,59)/t28-,29-,37-/m1/s1. The van der Waals surface area contributed by atoms with Gasteiger partial charge in [-0.3, -0.25) is 24.3 Å². The summed E-state index contributed by atoms with van der Waals surface area (Å²) >= 11 is 7.13. The van der Waals surface area contributed by atoms with Gasteiger partial charge in [-0.1, -0.05) is 35.9 Å². The van der Waals surface area contributed by atoms with Crippen LogP contribution in [0.4, 0.5) is 24.7 Å². The van der Waals surface area contributed by atoms with Crippen molar-refractivity contribution >= 4 is 61.0 Å². The van der Waals surface area contributed by atoms with Gasteiger partial charge in [0, 0.05) is 61.1 Å². The third-order valence-electron chi connectivity index (χ3n) is 13.4. The molecular weight excluding hydrogens is 855 g/mol. The summed E-state index contributed by atoms with van der Waals surface area (Å²) in [6.45, 7) is 6.30. The second-order valence-corrected chi connectivity index (χ2v) is 20.2. The molecule has 12 nitrogen and oxygen atoms in total. The number of benzene rings is 3. The molecule has 0 radical (unpaired) electrons. The summed E-state index contributed by atoms with van der Waals surface area (Å²) < 4.78 is 78.1. The van der Waals surface area contributed by atoms with Gasteiger partial charge in [-0.05, 0) is 117 Å². The number of carbonyl (C=O) groups excluding carboxylic acids is 1. The minimum Gasteiger partial charge on any atom is -0.435 e. The number of nitrogens with one attached hydrogen (secondary N) is 2.